The van der Waals surface area contributed by atoms with E-state index in [1.165, 1.54) is 13.1 Å². The van der Waals surface area contributed by atoms with Crippen molar-refractivity contribution in [2.75, 3.05) is 7.05 Å². The van der Waals surface area contributed by atoms with Gasteiger partial charge in [-0.1, -0.05) is 12.2 Å². The van der Waals surface area contributed by atoms with Crippen molar-refractivity contribution in [1.82, 2.24) is 5.06 Å². The second-order valence-corrected chi connectivity index (χ2v) is 2.61. The molecule has 0 aliphatic heterocycles. The van der Waals surface area contributed by atoms with Crippen molar-refractivity contribution >= 4 is 5.78 Å². The first kappa shape index (κ1) is 8.74. The molecule has 0 radical (unpaired) electrons. The van der Waals surface area contributed by atoms with Crippen LogP contribution in [0.3, 0.4) is 0 Å². The monoisotopic (exact) mass is 165 g/mol. The van der Waals surface area contributed by atoms with E-state index in [9.17, 15) is 4.79 Å². The largest absolute Gasteiger partial charge is 0.289 e. The van der Waals surface area contributed by atoms with Crippen molar-refractivity contribution in [3.63, 3.8) is 0 Å². The molecule has 1 N–H and O–H groups in total. The maximum Gasteiger partial charge on any atom is 0.187 e. The fourth-order valence-corrected chi connectivity index (χ4v) is 0.940. The van der Waals surface area contributed by atoms with Gasteiger partial charge in [-0.3, -0.25) is 15.1 Å². The Morgan fingerprint density at radius 1 is 1.42 bits per heavy atom. The third-order valence-corrected chi connectivity index (χ3v) is 1.76. The summed E-state index contributed by atoms with van der Waals surface area (Å²) in [6, 6.07) is 0. The number of rotatable bonds is 1. The molecule has 0 saturated heterocycles. The van der Waals surface area contributed by atoms with Crippen LogP contribution in [0.4, 0.5) is 0 Å². The molecule has 1 aliphatic rings. The Balaban J connectivity index is 3.02. The molecule has 0 heterocycles. The van der Waals surface area contributed by atoms with Gasteiger partial charge in [0, 0.05) is 18.3 Å². The molecule has 64 valence electrons. The zero-order valence-electron chi connectivity index (χ0n) is 7.11. The van der Waals surface area contributed by atoms with E-state index < -0.39 is 0 Å². The van der Waals surface area contributed by atoms with Crippen molar-refractivity contribution in [3.05, 3.63) is 35.6 Å². The molecule has 0 bridgehead atoms. The van der Waals surface area contributed by atoms with Gasteiger partial charge in [-0.2, -0.15) is 0 Å². The van der Waals surface area contributed by atoms with Gasteiger partial charge >= 0.3 is 0 Å². The Labute approximate surface area is 71.3 Å². The van der Waals surface area contributed by atoms with E-state index in [1.54, 1.807) is 25.2 Å². The summed E-state index contributed by atoms with van der Waals surface area (Å²) in [6.45, 7) is 1.69. The second kappa shape index (κ2) is 3.36. The molecule has 0 unspecified atom stereocenters. The molecule has 1 aliphatic carbocycles. The maximum absolute atomic E-state index is 11.2. The van der Waals surface area contributed by atoms with Crippen molar-refractivity contribution < 1.29 is 10.0 Å². The van der Waals surface area contributed by atoms with Crippen molar-refractivity contribution in [3.8, 4) is 0 Å². The highest BCUT2D eigenvalue weighted by atomic mass is 16.5. The van der Waals surface area contributed by atoms with Crippen LogP contribution >= 0.6 is 0 Å². The van der Waals surface area contributed by atoms with Crippen LogP contribution in [0.15, 0.2) is 35.6 Å². The minimum atomic E-state index is -0.0732. The summed E-state index contributed by atoms with van der Waals surface area (Å²) < 4.78 is 0. The summed E-state index contributed by atoms with van der Waals surface area (Å²) >= 11 is 0. The molecule has 0 aromatic carbocycles. The molecule has 0 amide bonds. The molecule has 0 atom stereocenters. The van der Waals surface area contributed by atoms with Gasteiger partial charge in [0.2, 0.25) is 0 Å². The lowest BCUT2D eigenvalue weighted by Gasteiger charge is -2.14. The number of hydrogen-bond acceptors (Lipinski definition) is 3. The molecule has 0 spiro atoms. The van der Waals surface area contributed by atoms with Crippen LogP contribution in [0.5, 0.6) is 0 Å². The zero-order valence-corrected chi connectivity index (χ0v) is 7.11. The van der Waals surface area contributed by atoms with E-state index in [-0.39, 0.29) is 5.78 Å². The minimum absolute atomic E-state index is 0.0732. The summed E-state index contributed by atoms with van der Waals surface area (Å²) in [5, 5.41) is 10.00. The van der Waals surface area contributed by atoms with Crippen LogP contribution in [0.2, 0.25) is 0 Å². The van der Waals surface area contributed by atoms with Gasteiger partial charge in [-0.15, -0.1) is 0 Å². The van der Waals surface area contributed by atoms with Crippen LogP contribution in [-0.2, 0) is 4.79 Å². The Hall–Kier alpha value is -1.35. The van der Waals surface area contributed by atoms with Gasteiger partial charge in [-0.05, 0) is 19.1 Å². The zero-order chi connectivity index (χ0) is 9.14. The van der Waals surface area contributed by atoms with E-state index >= 15 is 0 Å². The summed E-state index contributed by atoms with van der Waals surface area (Å²) in [4.78, 5) is 11.2. The van der Waals surface area contributed by atoms with Gasteiger partial charge in [-0.25, -0.2) is 0 Å². The number of allylic oxidation sites excluding steroid dienone is 6. The van der Waals surface area contributed by atoms with Gasteiger partial charge in [0.25, 0.3) is 0 Å². The first-order chi connectivity index (χ1) is 5.63. The molecule has 3 nitrogen and oxygen atoms in total. The molecule has 0 fully saturated rings. The third-order valence-electron chi connectivity index (χ3n) is 1.76. The van der Waals surface area contributed by atoms with Gasteiger partial charge < -0.3 is 0 Å². The minimum Gasteiger partial charge on any atom is -0.289 e. The third kappa shape index (κ3) is 1.62. The molecule has 0 saturated carbocycles. The van der Waals surface area contributed by atoms with Gasteiger partial charge in [0.1, 0.15) is 0 Å². The molecule has 12 heavy (non-hydrogen) atoms. The Morgan fingerprint density at radius 3 is 2.50 bits per heavy atom. The van der Waals surface area contributed by atoms with E-state index in [0.29, 0.717) is 11.3 Å². The number of carbonyl (C=O) groups excluding carboxylic acids is 1. The first-order valence-corrected chi connectivity index (χ1v) is 3.65. The van der Waals surface area contributed by atoms with Crippen LogP contribution in [-0.4, -0.2) is 23.1 Å². The number of carbonyl (C=O) groups is 1. The molecule has 3 heteroatoms. The normalized spacial score (nSPS) is 19.8. The standard InChI is InChI=1S/C9H11NO2/c1-7(10(2)12)8-5-3-4-6-9(8)11/h3-6,12H,1-2H3. The highest BCUT2D eigenvalue weighted by Gasteiger charge is 2.10. The smallest absolute Gasteiger partial charge is 0.187 e. The molecule has 0 aromatic rings. The Kier molecular flexibility index (Phi) is 2.45. The Bertz CT molecular complexity index is 285. The molecule has 1 rings (SSSR count). The lowest BCUT2D eigenvalue weighted by atomic mass is 10.0. The Morgan fingerprint density at radius 2 is 2.00 bits per heavy atom. The van der Waals surface area contributed by atoms with Crippen LogP contribution in [0.25, 0.3) is 0 Å². The van der Waals surface area contributed by atoms with Crippen LogP contribution in [0.1, 0.15) is 6.92 Å². The molecular weight excluding hydrogens is 154 g/mol. The van der Waals surface area contributed by atoms with Gasteiger partial charge in [0.05, 0.1) is 0 Å². The number of hydroxylamine groups is 2. The number of hydrogen-bond donors (Lipinski definition) is 1. The van der Waals surface area contributed by atoms with Crippen LogP contribution < -0.4 is 0 Å². The SMILES string of the molecule is CC(=C1C=CC=CC1=O)N(C)O. The average Bonchev–Trinajstić information content (AvgIpc) is 2.04. The first-order valence-electron chi connectivity index (χ1n) is 3.65. The topological polar surface area (TPSA) is 40.5 Å². The highest BCUT2D eigenvalue weighted by Crippen LogP contribution is 2.12. The summed E-state index contributed by atoms with van der Waals surface area (Å²) in [7, 11) is 1.49. The fourth-order valence-electron chi connectivity index (χ4n) is 0.940. The van der Waals surface area contributed by atoms with E-state index in [0.717, 1.165) is 5.06 Å². The lowest BCUT2D eigenvalue weighted by molar-refractivity contribution is -0.111. The van der Waals surface area contributed by atoms with Crippen molar-refractivity contribution in [1.29, 1.82) is 0 Å². The summed E-state index contributed by atoms with van der Waals surface area (Å²) in [5.74, 6) is -0.0732. The molecular formula is C9H11NO2. The van der Waals surface area contributed by atoms with E-state index in [2.05, 4.69) is 0 Å². The fraction of sp³-hybridized carbons (Fsp3) is 0.222. The van der Waals surface area contributed by atoms with Crippen molar-refractivity contribution in [2.45, 2.75) is 6.92 Å². The highest BCUT2D eigenvalue weighted by molar-refractivity contribution is 6.07. The van der Waals surface area contributed by atoms with E-state index in [1.807, 2.05) is 0 Å². The predicted octanol–water partition coefficient (Wildman–Crippen LogP) is 1.28. The lowest BCUT2D eigenvalue weighted by Crippen LogP contribution is -2.15. The summed E-state index contributed by atoms with van der Waals surface area (Å²) in [5.41, 5.74) is 1.09. The number of ketones is 1. The second-order valence-electron chi connectivity index (χ2n) is 2.61. The summed E-state index contributed by atoms with van der Waals surface area (Å²) in [6.07, 6.45) is 6.60. The maximum atomic E-state index is 11.2. The van der Waals surface area contributed by atoms with Crippen molar-refractivity contribution in [2.24, 2.45) is 0 Å². The van der Waals surface area contributed by atoms with E-state index in [4.69, 9.17) is 5.21 Å². The predicted molar refractivity (Wildman–Crippen MR) is 45.5 cm³/mol. The quantitative estimate of drug-likeness (QED) is 0.470. The molecule has 0 aromatic heterocycles. The van der Waals surface area contributed by atoms with Gasteiger partial charge in [0.15, 0.2) is 5.78 Å². The van der Waals surface area contributed by atoms with Crippen LogP contribution in [0, 0.1) is 0 Å². The number of nitrogens with zero attached hydrogens (tertiary/aromatic N) is 1. The average molecular weight is 165 g/mol.